The first-order chi connectivity index (χ1) is 8.93. The predicted octanol–water partition coefficient (Wildman–Crippen LogP) is 4.76. The third-order valence-electron chi connectivity index (χ3n) is 2.67. The maximum absolute atomic E-state index is 4.22. The van der Waals surface area contributed by atoms with E-state index in [1.165, 1.54) is 5.57 Å². The van der Waals surface area contributed by atoms with E-state index in [-0.39, 0.29) is 0 Å². The minimum absolute atomic E-state index is 0.902. The zero-order valence-electron chi connectivity index (χ0n) is 12.2. The van der Waals surface area contributed by atoms with Crippen molar-refractivity contribution in [2.24, 2.45) is 0 Å². The minimum Gasteiger partial charge on any atom is -0.342 e. The molecule has 0 aromatic carbocycles. The van der Waals surface area contributed by atoms with E-state index in [0.717, 1.165) is 28.2 Å². The van der Waals surface area contributed by atoms with E-state index in [9.17, 15) is 0 Å². The van der Waals surface area contributed by atoms with E-state index >= 15 is 0 Å². The molecule has 1 heterocycles. The fraction of sp³-hybridized carbons (Fsp3) is 0.235. The Balaban J connectivity index is 3.17. The standard InChI is InChI=1S/C17H22N2/c1-7-15(17-11-18-14(6)19-17)10-16(13(4)5)9-8-12(2)3/h7-11H,1-2H2,3-6H3,(H,18,19)/b9-8-,15-10+. The van der Waals surface area contributed by atoms with Gasteiger partial charge >= 0.3 is 0 Å². The van der Waals surface area contributed by atoms with Crippen LogP contribution in [0.15, 0.2) is 60.4 Å². The molecule has 0 atom stereocenters. The van der Waals surface area contributed by atoms with Gasteiger partial charge in [-0.15, -0.1) is 0 Å². The number of imidazole rings is 1. The Bertz CT molecular complexity index is 562. The van der Waals surface area contributed by atoms with Crippen LogP contribution in [0.3, 0.4) is 0 Å². The maximum atomic E-state index is 4.22. The fourth-order valence-electron chi connectivity index (χ4n) is 1.57. The molecule has 0 bridgehead atoms. The van der Waals surface area contributed by atoms with Crippen LogP contribution >= 0.6 is 0 Å². The molecule has 1 rings (SSSR count). The van der Waals surface area contributed by atoms with Crippen LogP contribution in [0.2, 0.25) is 0 Å². The predicted molar refractivity (Wildman–Crippen MR) is 83.8 cm³/mol. The molecule has 0 fully saturated rings. The molecule has 0 unspecified atom stereocenters. The van der Waals surface area contributed by atoms with Gasteiger partial charge in [0, 0.05) is 0 Å². The average Bonchev–Trinajstić information content (AvgIpc) is 2.75. The summed E-state index contributed by atoms with van der Waals surface area (Å²) in [6.07, 6.45) is 9.86. The minimum atomic E-state index is 0.902. The van der Waals surface area contributed by atoms with Crippen LogP contribution in [-0.4, -0.2) is 9.97 Å². The lowest BCUT2D eigenvalue weighted by Gasteiger charge is -2.03. The molecule has 2 heteroatoms. The molecular weight excluding hydrogens is 232 g/mol. The summed E-state index contributed by atoms with van der Waals surface area (Å²) in [7, 11) is 0. The van der Waals surface area contributed by atoms with E-state index < -0.39 is 0 Å². The van der Waals surface area contributed by atoms with E-state index in [2.05, 4.69) is 49.1 Å². The smallest absolute Gasteiger partial charge is 0.103 e. The number of H-pyrrole nitrogens is 1. The SMILES string of the molecule is C=C/C(=C\C(/C=C\C(=C)C)=C(C)C)c1cnc(C)[nH]1. The molecule has 0 saturated carbocycles. The van der Waals surface area contributed by atoms with Crippen LogP contribution < -0.4 is 0 Å². The fourth-order valence-corrected chi connectivity index (χ4v) is 1.57. The molecule has 0 aliphatic rings. The second-order valence-corrected chi connectivity index (χ2v) is 4.82. The van der Waals surface area contributed by atoms with Gasteiger partial charge in [0.1, 0.15) is 5.82 Å². The Morgan fingerprint density at radius 2 is 1.95 bits per heavy atom. The molecule has 0 amide bonds. The number of aromatic nitrogens is 2. The summed E-state index contributed by atoms with van der Waals surface area (Å²) in [6.45, 7) is 15.9. The van der Waals surface area contributed by atoms with Gasteiger partial charge < -0.3 is 4.98 Å². The maximum Gasteiger partial charge on any atom is 0.103 e. The third-order valence-corrected chi connectivity index (χ3v) is 2.67. The van der Waals surface area contributed by atoms with Crippen molar-refractivity contribution in [3.63, 3.8) is 0 Å². The molecule has 0 aliphatic heterocycles. The van der Waals surface area contributed by atoms with E-state index in [1.54, 1.807) is 0 Å². The lowest BCUT2D eigenvalue weighted by molar-refractivity contribution is 1.14. The van der Waals surface area contributed by atoms with Crippen molar-refractivity contribution < 1.29 is 0 Å². The van der Waals surface area contributed by atoms with Crippen molar-refractivity contribution in [3.05, 3.63) is 71.9 Å². The molecular formula is C17H22N2. The molecule has 0 aliphatic carbocycles. The van der Waals surface area contributed by atoms with Gasteiger partial charge in [-0.2, -0.15) is 0 Å². The van der Waals surface area contributed by atoms with Crippen LogP contribution in [0.25, 0.3) is 5.57 Å². The Hall–Kier alpha value is -2.09. The van der Waals surface area contributed by atoms with Gasteiger partial charge in [0.05, 0.1) is 11.9 Å². The lowest BCUT2D eigenvalue weighted by Crippen LogP contribution is -1.85. The highest BCUT2D eigenvalue weighted by Gasteiger charge is 2.02. The van der Waals surface area contributed by atoms with E-state index in [1.807, 2.05) is 32.2 Å². The molecule has 1 aromatic rings. The van der Waals surface area contributed by atoms with Crippen LogP contribution in [0, 0.1) is 6.92 Å². The number of hydrogen-bond donors (Lipinski definition) is 1. The largest absolute Gasteiger partial charge is 0.342 e. The summed E-state index contributed by atoms with van der Waals surface area (Å²) in [5, 5.41) is 0. The monoisotopic (exact) mass is 254 g/mol. The quantitative estimate of drug-likeness (QED) is 0.754. The Morgan fingerprint density at radius 3 is 2.37 bits per heavy atom. The van der Waals surface area contributed by atoms with Crippen molar-refractivity contribution >= 4 is 5.57 Å². The van der Waals surface area contributed by atoms with Gasteiger partial charge in [0.2, 0.25) is 0 Å². The molecule has 0 saturated heterocycles. The number of nitrogens with one attached hydrogen (secondary N) is 1. The Labute approximate surface area is 116 Å². The van der Waals surface area contributed by atoms with Crippen LogP contribution in [0.5, 0.6) is 0 Å². The Kier molecular flexibility index (Phi) is 5.31. The molecule has 19 heavy (non-hydrogen) atoms. The van der Waals surface area contributed by atoms with Crippen LogP contribution in [-0.2, 0) is 0 Å². The molecule has 1 aromatic heterocycles. The van der Waals surface area contributed by atoms with Crippen molar-refractivity contribution in [2.45, 2.75) is 27.7 Å². The number of nitrogens with zero attached hydrogens (tertiary/aromatic N) is 1. The van der Waals surface area contributed by atoms with Crippen molar-refractivity contribution in [1.29, 1.82) is 0 Å². The van der Waals surface area contributed by atoms with Crippen LogP contribution in [0.1, 0.15) is 32.3 Å². The zero-order valence-corrected chi connectivity index (χ0v) is 12.2. The zero-order chi connectivity index (χ0) is 14.4. The van der Waals surface area contributed by atoms with Crippen molar-refractivity contribution in [1.82, 2.24) is 9.97 Å². The van der Waals surface area contributed by atoms with Crippen molar-refractivity contribution in [2.75, 3.05) is 0 Å². The average molecular weight is 254 g/mol. The topological polar surface area (TPSA) is 28.7 Å². The number of rotatable bonds is 5. The van der Waals surface area contributed by atoms with Gasteiger partial charge in [-0.05, 0) is 44.9 Å². The third kappa shape index (κ3) is 4.59. The number of aryl methyl sites for hydroxylation is 1. The van der Waals surface area contributed by atoms with Gasteiger partial charge in [0.15, 0.2) is 0 Å². The van der Waals surface area contributed by atoms with E-state index in [4.69, 9.17) is 0 Å². The summed E-state index contributed by atoms with van der Waals surface area (Å²) >= 11 is 0. The summed E-state index contributed by atoms with van der Waals surface area (Å²) in [5.74, 6) is 0.902. The second kappa shape index (κ2) is 6.74. The highest BCUT2D eigenvalue weighted by atomic mass is 14.9. The normalized spacial score (nSPS) is 11.7. The summed E-state index contributed by atoms with van der Waals surface area (Å²) < 4.78 is 0. The van der Waals surface area contributed by atoms with Gasteiger partial charge in [-0.25, -0.2) is 4.98 Å². The first-order valence-corrected chi connectivity index (χ1v) is 6.31. The lowest BCUT2D eigenvalue weighted by atomic mass is 10.0. The molecule has 0 spiro atoms. The first-order valence-electron chi connectivity index (χ1n) is 6.31. The van der Waals surface area contributed by atoms with Gasteiger partial charge in [-0.3, -0.25) is 0 Å². The molecule has 2 nitrogen and oxygen atoms in total. The van der Waals surface area contributed by atoms with Gasteiger partial charge in [-0.1, -0.05) is 42.5 Å². The number of aromatic amines is 1. The number of hydrogen-bond acceptors (Lipinski definition) is 1. The summed E-state index contributed by atoms with van der Waals surface area (Å²) in [4.78, 5) is 7.44. The highest BCUT2D eigenvalue weighted by molar-refractivity contribution is 5.74. The Morgan fingerprint density at radius 1 is 1.26 bits per heavy atom. The second-order valence-electron chi connectivity index (χ2n) is 4.82. The molecule has 1 N–H and O–H groups in total. The van der Waals surface area contributed by atoms with Gasteiger partial charge in [0.25, 0.3) is 0 Å². The molecule has 0 radical (unpaired) electrons. The molecule has 100 valence electrons. The van der Waals surface area contributed by atoms with Crippen molar-refractivity contribution in [3.8, 4) is 0 Å². The number of allylic oxidation sites excluding steroid dienone is 8. The highest BCUT2D eigenvalue weighted by Crippen LogP contribution is 2.19. The first kappa shape index (κ1) is 15.0. The summed E-state index contributed by atoms with van der Waals surface area (Å²) in [5.41, 5.74) is 5.45. The van der Waals surface area contributed by atoms with Crippen LogP contribution in [0.4, 0.5) is 0 Å². The van der Waals surface area contributed by atoms with E-state index in [0.29, 0.717) is 0 Å². The summed E-state index contributed by atoms with van der Waals surface area (Å²) in [6, 6.07) is 0.